The molecule has 1 amide bonds. The Morgan fingerprint density at radius 3 is 1.12 bits per heavy atom. The van der Waals surface area contributed by atoms with Crippen molar-refractivity contribution in [2.75, 3.05) is 5.32 Å². The molecule has 0 aromatic heterocycles. The van der Waals surface area contributed by atoms with Crippen LogP contribution in [0.25, 0.3) is 0 Å². The number of carbonyl (C=O) groups is 4. The number of aromatic carboxylic acids is 1. The van der Waals surface area contributed by atoms with E-state index in [1.54, 1.807) is 18.2 Å². The van der Waals surface area contributed by atoms with Crippen molar-refractivity contribution < 1.29 is 72.3 Å². The summed E-state index contributed by atoms with van der Waals surface area (Å²) < 4.78 is 0. The molecule has 8 aromatic rings. The third-order valence-electron chi connectivity index (χ3n) is 30.0. The number of hydrogen-bond acceptors (Lipinski definition) is 7. The molecule has 12 heteroatoms. The molecule has 673 valence electrons. The molecule has 2 fully saturated rings. The summed E-state index contributed by atoms with van der Waals surface area (Å²) in [5.74, 6) is 4.23. The fourth-order valence-corrected chi connectivity index (χ4v) is 19.8. The summed E-state index contributed by atoms with van der Waals surface area (Å²) in [6.45, 7) is 56.8. The van der Waals surface area contributed by atoms with Gasteiger partial charge < -0.3 is 25.7 Å². The quantitative estimate of drug-likeness (QED) is 0.0421. The molecule has 0 bridgehead atoms. The van der Waals surface area contributed by atoms with Gasteiger partial charge in [0, 0.05) is 67.2 Å². The fraction of sp³-hybridized carbons (Fsp3) is 0.448. The van der Waals surface area contributed by atoms with E-state index in [0.717, 1.165) is 71.2 Å². The molecular weight excluding hydrogens is 1660 g/mol. The van der Waals surface area contributed by atoms with Gasteiger partial charge in [0.1, 0.15) is 0 Å². The second kappa shape index (κ2) is 38.1. The van der Waals surface area contributed by atoms with Crippen LogP contribution < -0.4 is 16.2 Å². The topological polar surface area (TPSA) is 195 Å². The van der Waals surface area contributed by atoms with Gasteiger partial charge in [0.2, 0.25) is 5.43 Å². The normalized spacial score (nSPS) is 22.2. The second-order valence-electron chi connectivity index (χ2n) is 44.8. The molecule has 11 nitrogen and oxygen atoms in total. The monoisotopic (exact) mass is 1800 g/mol. The molecule has 0 spiro atoms. The van der Waals surface area contributed by atoms with Crippen LogP contribution >= 0.6 is 0 Å². The maximum Gasteiger partial charge on any atom is 0.335 e. The number of aliphatic carboxylic acids is 2. The van der Waals surface area contributed by atoms with Crippen molar-refractivity contribution in [3.8, 4) is 17.6 Å². The van der Waals surface area contributed by atoms with Gasteiger partial charge in [0.25, 0.3) is 5.91 Å². The summed E-state index contributed by atoms with van der Waals surface area (Å²) in [5, 5.41) is 39.1. The number of anilines is 1. The Morgan fingerprint density at radius 2 is 0.695 bits per heavy atom. The van der Waals surface area contributed by atoms with Crippen LogP contribution in [0.2, 0.25) is 0 Å². The zero-order valence-electron chi connectivity index (χ0n) is 81.2. The van der Waals surface area contributed by atoms with Crippen molar-refractivity contribution in [3.63, 3.8) is 0 Å². The van der Waals surface area contributed by atoms with Gasteiger partial charge in [0.05, 0.1) is 5.56 Å². The molecular formula is C116H141NO10Y. The molecule has 0 saturated heterocycles. The van der Waals surface area contributed by atoms with Crippen molar-refractivity contribution >= 4 is 29.5 Å². The summed E-state index contributed by atoms with van der Waals surface area (Å²) in [6.07, 6.45) is 25.9. The van der Waals surface area contributed by atoms with Crippen LogP contribution in [0, 0.1) is 30.6 Å². The molecule has 7 aliphatic rings. The molecule has 2 saturated carbocycles. The van der Waals surface area contributed by atoms with Crippen LogP contribution in [0.5, 0.6) is 5.75 Å². The first-order valence-electron chi connectivity index (χ1n) is 45.9. The number of carbonyl (C=O) groups excluding carboxylic acids is 1. The van der Waals surface area contributed by atoms with Crippen LogP contribution in [-0.2, 0) is 114 Å². The third-order valence-corrected chi connectivity index (χ3v) is 30.0. The molecule has 8 aromatic carbocycles. The number of benzene rings is 6. The van der Waals surface area contributed by atoms with E-state index in [9.17, 15) is 33.9 Å². The van der Waals surface area contributed by atoms with Crippen LogP contribution in [0.3, 0.4) is 0 Å². The molecule has 15 rings (SSSR count). The zero-order valence-corrected chi connectivity index (χ0v) is 84.1. The average Bonchev–Trinajstić information content (AvgIpc) is 1.48. The first-order chi connectivity index (χ1) is 58.9. The maximum absolute atomic E-state index is 12.5. The standard InChI is InChI=1S/2C24H32O2.C24H26O.C22H25NO3.C22H26O2.Y/c2*1-16(13-21(25)26)7-8-18-15-24(18,6)17-9-10-19-20(14-17)23(4,5)12-11-22(19,2)3;1-17-6-7-18(11-13-22(17)25)8-9-19-10-12-20-21(16-19)24(4,5)15-14-23(20,2)3;1-21(2)11-12-22(3,4)18-13-16(9-10-17(18)21)23-19(24)14-5-7-15(8-6-14)20(25)26;1-21(2)11-12-22(3,4)18-14-16(5-8-17(18)21)13-15-6-9-19(23)20(24)10-7-15;/h2*7-10,13-14,18H,11-12,15H2,1-6H3,(H,25,26);6-7,10-13,16H,14-15H2,1-5H3;5-10,13H,11-12H2,1-4H3,(H,23,24)(H,25,26);5-10,14H,11-13H2,1-4H3,(H,23,24);/b2*8-7+,16-13+;;;;/t18-,24-;;;;;/m1...../s1. The third kappa shape index (κ3) is 23.4. The van der Waals surface area contributed by atoms with Crippen molar-refractivity contribution in [2.45, 2.75) is 322 Å². The number of carboxylic acid groups (broad SMARTS) is 3. The Kier molecular flexibility index (Phi) is 29.9. The second-order valence-corrected chi connectivity index (χ2v) is 44.8. The first kappa shape index (κ1) is 101. The molecule has 7 aliphatic carbocycles. The van der Waals surface area contributed by atoms with Gasteiger partial charge in [-0.1, -0.05) is 273 Å². The summed E-state index contributed by atoms with van der Waals surface area (Å²) in [4.78, 5) is 68.1. The summed E-state index contributed by atoms with van der Waals surface area (Å²) in [6, 6.07) is 53.6. The van der Waals surface area contributed by atoms with E-state index in [4.69, 9.17) is 15.3 Å². The SMILES string of the molecule is CC(/C=C/C1CC1(C)c1ccc2c(c1)C(C)(C)CCC2(C)C)=C\C(=O)O.CC(/C=C/[C@@H]1C[C@]1(C)c1ccc2c(c1)C(C)(C)CCC2(C)C)=C\C(=O)O.CC1(C)CCC(C)(C)c2cc(Cc3ccc(O)c(=O)cc3)ccc21.CC1(C)CCC(C)(C)c2cc(NC(=O)c3ccc(C(=O)O)cc3)ccc21.Cc1ccc(C#Cc2ccc3c(c2)C(C)(C)CCC3(C)C)ccc1=O.[Y]. The van der Waals surface area contributed by atoms with E-state index in [1.807, 2.05) is 57.2 Å². The van der Waals surface area contributed by atoms with E-state index >= 15 is 0 Å². The minimum atomic E-state index is -1.00. The average molecular weight is 1800 g/mol. The van der Waals surface area contributed by atoms with Gasteiger partial charge in [-0.25, -0.2) is 14.4 Å². The largest absolute Gasteiger partial charge is 0.504 e. The van der Waals surface area contributed by atoms with Gasteiger partial charge in [-0.2, -0.15) is 0 Å². The number of rotatable bonds is 13. The van der Waals surface area contributed by atoms with Crippen LogP contribution in [0.1, 0.15) is 359 Å². The van der Waals surface area contributed by atoms with Gasteiger partial charge in [-0.3, -0.25) is 14.4 Å². The summed E-state index contributed by atoms with van der Waals surface area (Å²) in [5.41, 5.74) is 27.3. The Hall–Kier alpha value is -9.60. The van der Waals surface area contributed by atoms with Gasteiger partial charge in [-0.15, -0.1) is 0 Å². The van der Waals surface area contributed by atoms with Gasteiger partial charge in [0.15, 0.2) is 11.2 Å². The Morgan fingerprint density at radius 1 is 0.367 bits per heavy atom. The molecule has 5 N–H and O–H groups in total. The molecule has 4 atom stereocenters. The molecule has 128 heavy (non-hydrogen) atoms. The maximum atomic E-state index is 12.5. The van der Waals surface area contributed by atoms with Crippen LogP contribution in [-0.4, -0.2) is 44.2 Å². The first-order valence-corrected chi connectivity index (χ1v) is 45.9. The van der Waals surface area contributed by atoms with Crippen LogP contribution in [0.15, 0.2) is 221 Å². The minimum Gasteiger partial charge on any atom is -0.504 e. The summed E-state index contributed by atoms with van der Waals surface area (Å²) >= 11 is 0. The van der Waals surface area contributed by atoms with E-state index in [-0.39, 0.29) is 126 Å². The number of nitrogens with one attached hydrogen (secondary N) is 1. The van der Waals surface area contributed by atoms with E-state index in [1.165, 1.54) is 172 Å². The smallest absolute Gasteiger partial charge is 0.335 e. The predicted molar refractivity (Wildman–Crippen MR) is 523 cm³/mol. The van der Waals surface area contributed by atoms with Gasteiger partial charge >= 0.3 is 17.9 Å². The minimum absolute atomic E-state index is 0. The molecule has 0 aliphatic heterocycles. The number of aryl methyl sites for hydroxylation is 1. The number of fused-ring (bicyclic) bond motifs is 5. The number of allylic oxidation sites excluding steroid dienone is 6. The zero-order chi connectivity index (χ0) is 93.5. The summed E-state index contributed by atoms with van der Waals surface area (Å²) in [7, 11) is 0. The van der Waals surface area contributed by atoms with Crippen molar-refractivity contribution in [2.24, 2.45) is 11.8 Å². The Balaban J connectivity index is 0.000000166. The van der Waals surface area contributed by atoms with Crippen LogP contribution in [0.4, 0.5) is 5.69 Å². The van der Waals surface area contributed by atoms with E-state index in [2.05, 4.69) is 267 Å². The van der Waals surface area contributed by atoms with Crippen molar-refractivity contribution in [3.05, 3.63) is 338 Å². The Bertz CT molecular complexity index is 5760. The number of aromatic hydroxyl groups is 1. The molecule has 1 radical (unpaired) electrons. The fourth-order valence-electron chi connectivity index (χ4n) is 19.8. The van der Waals surface area contributed by atoms with Gasteiger partial charge in [-0.05, 0) is 355 Å². The van der Waals surface area contributed by atoms with Crippen molar-refractivity contribution in [1.29, 1.82) is 0 Å². The Labute approximate surface area is 789 Å². The molecule has 2 unspecified atom stereocenters. The number of carboxylic acids is 3. The molecule has 0 heterocycles. The van der Waals surface area contributed by atoms with Crippen molar-refractivity contribution in [1.82, 2.24) is 0 Å². The number of amides is 1. The predicted octanol–water partition coefficient (Wildman–Crippen LogP) is 26.6. The number of hydrogen-bond donors (Lipinski definition) is 5. The van der Waals surface area contributed by atoms with E-state index < -0.39 is 17.9 Å². The van der Waals surface area contributed by atoms with E-state index in [0.29, 0.717) is 17.4 Å².